The molecule has 0 spiro atoms. The highest BCUT2D eigenvalue weighted by Crippen LogP contribution is 2.19. The lowest BCUT2D eigenvalue weighted by Gasteiger charge is -2.16. The summed E-state index contributed by atoms with van der Waals surface area (Å²) in [5.41, 5.74) is 3.79. The van der Waals surface area contributed by atoms with E-state index in [9.17, 15) is 0 Å². The van der Waals surface area contributed by atoms with Crippen molar-refractivity contribution in [1.29, 1.82) is 0 Å². The van der Waals surface area contributed by atoms with E-state index in [1.807, 2.05) is 24.3 Å². The van der Waals surface area contributed by atoms with E-state index < -0.39 is 0 Å². The molecule has 26 heavy (non-hydrogen) atoms. The number of ether oxygens (including phenoxy) is 1. The van der Waals surface area contributed by atoms with E-state index in [0.717, 1.165) is 25.1 Å². The molecule has 1 unspecified atom stereocenters. The summed E-state index contributed by atoms with van der Waals surface area (Å²) in [5, 5.41) is 3.63. The van der Waals surface area contributed by atoms with Gasteiger partial charge in [-0.15, -0.1) is 0 Å². The van der Waals surface area contributed by atoms with Crippen LogP contribution >= 0.6 is 0 Å². The van der Waals surface area contributed by atoms with Crippen LogP contribution in [0.1, 0.15) is 30.0 Å². The predicted octanol–water partition coefficient (Wildman–Crippen LogP) is 5.38. The van der Waals surface area contributed by atoms with E-state index >= 15 is 0 Å². The molecule has 2 nitrogen and oxygen atoms in total. The van der Waals surface area contributed by atoms with E-state index in [2.05, 4.69) is 72.9 Å². The Morgan fingerprint density at radius 1 is 0.769 bits per heavy atom. The number of hydrogen-bond donors (Lipinski definition) is 1. The van der Waals surface area contributed by atoms with Gasteiger partial charge in [-0.25, -0.2) is 0 Å². The molecule has 0 aromatic heterocycles. The van der Waals surface area contributed by atoms with Gasteiger partial charge in [-0.3, -0.25) is 0 Å². The van der Waals surface area contributed by atoms with Crippen LogP contribution in [0.15, 0.2) is 84.9 Å². The minimum atomic E-state index is 0.456. The van der Waals surface area contributed by atoms with Gasteiger partial charge in [-0.1, -0.05) is 78.9 Å². The van der Waals surface area contributed by atoms with Gasteiger partial charge in [0.25, 0.3) is 0 Å². The second kappa shape index (κ2) is 9.79. The predicted molar refractivity (Wildman–Crippen MR) is 108 cm³/mol. The fraction of sp³-hybridized carbons (Fsp3) is 0.250. The zero-order valence-electron chi connectivity index (χ0n) is 15.4. The fourth-order valence-electron chi connectivity index (χ4n) is 2.94. The van der Waals surface area contributed by atoms with Crippen molar-refractivity contribution in [1.82, 2.24) is 5.32 Å². The molecule has 0 fully saturated rings. The molecule has 0 aliphatic heterocycles. The molecule has 1 atom stereocenters. The lowest BCUT2D eigenvalue weighted by Crippen LogP contribution is -2.26. The van der Waals surface area contributed by atoms with Gasteiger partial charge in [0.05, 0.1) is 0 Å². The zero-order chi connectivity index (χ0) is 18.0. The van der Waals surface area contributed by atoms with Crippen molar-refractivity contribution in [2.24, 2.45) is 0 Å². The third-order valence-electron chi connectivity index (χ3n) is 4.56. The van der Waals surface area contributed by atoms with Gasteiger partial charge in [0.15, 0.2) is 0 Å². The summed E-state index contributed by atoms with van der Waals surface area (Å²) in [4.78, 5) is 0. The van der Waals surface area contributed by atoms with Crippen molar-refractivity contribution in [3.8, 4) is 5.75 Å². The molecule has 2 heteroatoms. The monoisotopic (exact) mass is 345 g/mol. The smallest absolute Gasteiger partial charge is 0.124 e. The van der Waals surface area contributed by atoms with Gasteiger partial charge < -0.3 is 10.1 Å². The highest BCUT2D eigenvalue weighted by molar-refractivity contribution is 5.33. The van der Waals surface area contributed by atoms with Crippen LogP contribution in [0.25, 0.3) is 0 Å². The number of hydrogen-bond acceptors (Lipinski definition) is 2. The molecular weight excluding hydrogens is 318 g/mol. The Labute approximate surface area is 156 Å². The Hall–Kier alpha value is -2.58. The molecule has 0 radical (unpaired) electrons. The van der Waals surface area contributed by atoms with Gasteiger partial charge >= 0.3 is 0 Å². The molecule has 0 saturated heterocycles. The Balaban J connectivity index is 1.49. The van der Waals surface area contributed by atoms with Crippen molar-refractivity contribution in [2.75, 3.05) is 0 Å². The number of nitrogens with one attached hydrogen (secondary N) is 1. The molecule has 3 rings (SSSR count). The van der Waals surface area contributed by atoms with Gasteiger partial charge in [0, 0.05) is 18.2 Å². The lowest BCUT2D eigenvalue weighted by molar-refractivity contribution is 0.301. The Bertz CT molecular complexity index is 770. The van der Waals surface area contributed by atoms with E-state index in [0.29, 0.717) is 12.6 Å². The zero-order valence-corrected chi connectivity index (χ0v) is 15.4. The summed E-state index contributed by atoms with van der Waals surface area (Å²) in [6, 6.07) is 29.7. The normalized spacial score (nSPS) is 11.9. The molecule has 0 heterocycles. The van der Waals surface area contributed by atoms with Crippen LogP contribution in [0, 0.1) is 0 Å². The molecule has 0 saturated carbocycles. The van der Waals surface area contributed by atoms with Crippen molar-refractivity contribution >= 4 is 0 Å². The number of rotatable bonds is 9. The van der Waals surface area contributed by atoms with Crippen LogP contribution in [-0.4, -0.2) is 6.04 Å². The quantitative estimate of drug-likeness (QED) is 0.562. The maximum absolute atomic E-state index is 6.04. The summed E-state index contributed by atoms with van der Waals surface area (Å²) in [6.07, 6.45) is 2.22. The molecule has 3 aromatic rings. The summed E-state index contributed by atoms with van der Waals surface area (Å²) in [5.74, 6) is 0.958. The van der Waals surface area contributed by atoms with Gasteiger partial charge in [-0.2, -0.15) is 0 Å². The SMILES string of the molecule is CC(CCc1ccccc1)NCc1ccccc1OCc1ccccc1. The van der Waals surface area contributed by atoms with E-state index in [-0.39, 0.29) is 0 Å². The number of benzene rings is 3. The first-order valence-corrected chi connectivity index (χ1v) is 9.33. The first kappa shape index (κ1) is 18.2. The molecule has 0 amide bonds. The Kier molecular flexibility index (Phi) is 6.86. The van der Waals surface area contributed by atoms with Crippen LogP contribution in [0.2, 0.25) is 0 Å². The third kappa shape index (κ3) is 5.75. The molecule has 0 aliphatic carbocycles. The summed E-state index contributed by atoms with van der Waals surface area (Å²) in [7, 11) is 0. The Morgan fingerprint density at radius 2 is 1.38 bits per heavy atom. The lowest BCUT2D eigenvalue weighted by atomic mass is 10.1. The molecule has 0 aliphatic rings. The first-order valence-electron chi connectivity index (χ1n) is 9.33. The van der Waals surface area contributed by atoms with Crippen molar-refractivity contribution in [3.05, 3.63) is 102 Å². The van der Waals surface area contributed by atoms with Crippen molar-refractivity contribution < 1.29 is 4.74 Å². The summed E-state index contributed by atoms with van der Waals surface area (Å²) >= 11 is 0. The van der Waals surface area contributed by atoms with Crippen LogP contribution < -0.4 is 10.1 Å². The Morgan fingerprint density at radius 3 is 2.12 bits per heavy atom. The van der Waals surface area contributed by atoms with Crippen LogP contribution in [0.5, 0.6) is 5.75 Å². The minimum Gasteiger partial charge on any atom is -0.489 e. The van der Waals surface area contributed by atoms with E-state index in [1.54, 1.807) is 0 Å². The fourth-order valence-corrected chi connectivity index (χ4v) is 2.94. The van der Waals surface area contributed by atoms with Crippen molar-refractivity contribution in [3.63, 3.8) is 0 Å². The average molecular weight is 345 g/mol. The van der Waals surface area contributed by atoms with Gasteiger partial charge in [0.1, 0.15) is 12.4 Å². The van der Waals surface area contributed by atoms with Crippen molar-refractivity contribution in [2.45, 2.75) is 39.0 Å². The number of para-hydroxylation sites is 1. The topological polar surface area (TPSA) is 21.3 Å². The highest BCUT2D eigenvalue weighted by atomic mass is 16.5. The standard InChI is InChI=1S/C24H27NO/c1-20(16-17-21-10-4-2-5-11-21)25-18-23-14-8-9-15-24(23)26-19-22-12-6-3-7-13-22/h2-15,20,25H,16-19H2,1H3. The highest BCUT2D eigenvalue weighted by Gasteiger charge is 2.07. The van der Waals surface area contributed by atoms with Gasteiger partial charge in [0.2, 0.25) is 0 Å². The van der Waals surface area contributed by atoms with Crippen LogP contribution in [0.4, 0.5) is 0 Å². The van der Waals surface area contributed by atoms with Crippen LogP contribution in [-0.2, 0) is 19.6 Å². The van der Waals surface area contributed by atoms with Gasteiger partial charge in [-0.05, 0) is 37.0 Å². The molecule has 1 N–H and O–H groups in total. The first-order chi connectivity index (χ1) is 12.8. The second-order valence-corrected chi connectivity index (χ2v) is 6.69. The molecular formula is C24H27NO. The maximum atomic E-state index is 6.04. The summed E-state index contributed by atoms with van der Waals surface area (Å²) in [6.45, 7) is 3.67. The van der Waals surface area contributed by atoms with Crippen LogP contribution in [0.3, 0.4) is 0 Å². The molecule has 0 bridgehead atoms. The van der Waals surface area contributed by atoms with E-state index in [1.165, 1.54) is 16.7 Å². The summed E-state index contributed by atoms with van der Waals surface area (Å²) < 4.78 is 6.04. The number of aryl methyl sites for hydroxylation is 1. The molecule has 3 aromatic carbocycles. The largest absolute Gasteiger partial charge is 0.489 e. The second-order valence-electron chi connectivity index (χ2n) is 6.69. The maximum Gasteiger partial charge on any atom is 0.124 e. The van der Waals surface area contributed by atoms with E-state index in [4.69, 9.17) is 4.74 Å². The average Bonchev–Trinajstić information content (AvgIpc) is 2.71. The third-order valence-corrected chi connectivity index (χ3v) is 4.56. The molecule has 134 valence electrons. The minimum absolute atomic E-state index is 0.456.